The van der Waals surface area contributed by atoms with Gasteiger partial charge in [0, 0.05) is 18.3 Å². The molecule has 0 aromatic heterocycles. The average molecular weight is 389 g/mol. The highest BCUT2D eigenvalue weighted by molar-refractivity contribution is 6.23. The molecule has 0 fully saturated rings. The molecule has 1 atom stereocenters. The van der Waals surface area contributed by atoms with Gasteiger partial charge in [-0.3, -0.25) is 24.1 Å². The van der Waals surface area contributed by atoms with Crippen molar-refractivity contribution in [1.82, 2.24) is 10.2 Å². The number of nitrogens with one attached hydrogen (secondary N) is 1. The average Bonchev–Trinajstić information content (AvgIpc) is 3.01. The number of likely N-dealkylation sites (N-methyl/N-ethyl adjacent to an activating group) is 1. The fourth-order valence-corrected chi connectivity index (χ4v) is 3.18. The van der Waals surface area contributed by atoms with E-state index in [1.807, 2.05) is 0 Å². The van der Waals surface area contributed by atoms with E-state index in [4.69, 9.17) is 6.42 Å². The molecule has 2 aromatic rings. The zero-order valence-corrected chi connectivity index (χ0v) is 16.0. The van der Waals surface area contributed by atoms with E-state index >= 15 is 0 Å². The molecule has 0 spiro atoms. The van der Waals surface area contributed by atoms with Crippen LogP contribution in [0.2, 0.25) is 0 Å². The molecular weight excluding hydrogens is 370 g/mol. The minimum absolute atomic E-state index is 0.254. The van der Waals surface area contributed by atoms with Crippen molar-refractivity contribution < 1.29 is 19.2 Å². The lowest BCUT2D eigenvalue weighted by Gasteiger charge is -2.29. The molecule has 7 heteroatoms. The first kappa shape index (κ1) is 19.8. The number of benzene rings is 2. The van der Waals surface area contributed by atoms with E-state index in [1.54, 1.807) is 48.5 Å². The molecule has 1 N–H and O–H groups in total. The van der Waals surface area contributed by atoms with Crippen molar-refractivity contribution in [3.05, 3.63) is 65.2 Å². The third kappa shape index (κ3) is 3.60. The molecule has 29 heavy (non-hydrogen) atoms. The van der Waals surface area contributed by atoms with Crippen molar-refractivity contribution in [3.63, 3.8) is 0 Å². The van der Waals surface area contributed by atoms with Crippen molar-refractivity contribution in [3.8, 4) is 12.3 Å². The maximum atomic E-state index is 13.3. The van der Waals surface area contributed by atoms with Gasteiger partial charge in [0.15, 0.2) is 0 Å². The summed E-state index contributed by atoms with van der Waals surface area (Å²) in [5, 5.41) is 2.47. The van der Waals surface area contributed by atoms with Crippen molar-refractivity contribution in [2.45, 2.75) is 13.0 Å². The number of terminal acetylenes is 1. The zero-order valence-electron chi connectivity index (χ0n) is 16.0. The molecule has 2 aromatic carbocycles. The normalized spacial score (nSPS) is 13.5. The van der Waals surface area contributed by atoms with Crippen molar-refractivity contribution >= 4 is 29.3 Å². The zero-order chi connectivity index (χ0) is 21.1. The van der Waals surface area contributed by atoms with Crippen LogP contribution < -0.4 is 10.2 Å². The Hall–Kier alpha value is -3.92. The molecule has 3 rings (SSSR count). The number of hydrogen-bond donors (Lipinski definition) is 1. The summed E-state index contributed by atoms with van der Waals surface area (Å²) in [5.74, 6) is 0.430. The molecule has 1 aliphatic rings. The van der Waals surface area contributed by atoms with Gasteiger partial charge in [0.2, 0.25) is 11.8 Å². The summed E-state index contributed by atoms with van der Waals surface area (Å²) in [6, 6.07) is 11.9. The Kier molecular flexibility index (Phi) is 5.46. The van der Waals surface area contributed by atoms with E-state index in [1.165, 1.54) is 18.9 Å². The van der Waals surface area contributed by atoms with Gasteiger partial charge in [-0.05, 0) is 37.3 Å². The second kappa shape index (κ2) is 7.98. The van der Waals surface area contributed by atoms with Crippen molar-refractivity contribution in [2.24, 2.45) is 0 Å². The number of amides is 4. The number of rotatable bonds is 5. The van der Waals surface area contributed by atoms with E-state index < -0.39 is 29.7 Å². The monoisotopic (exact) mass is 389 g/mol. The van der Waals surface area contributed by atoms with Crippen LogP contribution >= 0.6 is 0 Å². The maximum absolute atomic E-state index is 13.3. The molecule has 0 aliphatic carbocycles. The molecule has 1 aliphatic heterocycles. The Morgan fingerprint density at radius 2 is 1.72 bits per heavy atom. The van der Waals surface area contributed by atoms with Crippen LogP contribution in [0, 0.1) is 12.3 Å². The summed E-state index contributed by atoms with van der Waals surface area (Å²) in [6.45, 7) is 1.18. The molecule has 0 radical (unpaired) electrons. The van der Waals surface area contributed by atoms with Crippen LogP contribution in [0.25, 0.3) is 0 Å². The van der Waals surface area contributed by atoms with Crippen LogP contribution in [0.1, 0.15) is 33.2 Å². The van der Waals surface area contributed by atoms with Crippen molar-refractivity contribution in [2.75, 3.05) is 18.5 Å². The lowest BCUT2D eigenvalue weighted by Crippen LogP contribution is -2.51. The minimum Gasteiger partial charge on any atom is -0.358 e. The fourth-order valence-electron chi connectivity index (χ4n) is 3.18. The van der Waals surface area contributed by atoms with Crippen LogP contribution in [0.4, 0.5) is 5.69 Å². The molecule has 7 nitrogen and oxygen atoms in total. The second-order valence-electron chi connectivity index (χ2n) is 6.49. The van der Waals surface area contributed by atoms with Crippen LogP contribution in [0.5, 0.6) is 0 Å². The quantitative estimate of drug-likeness (QED) is 0.619. The first-order chi connectivity index (χ1) is 13.9. The Morgan fingerprint density at radius 3 is 2.28 bits per heavy atom. The Morgan fingerprint density at radius 1 is 1.10 bits per heavy atom. The van der Waals surface area contributed by atoms with Crippen LogP contribution in [0.3, 0.4) is 0 Å². The number of carbonyl (C=O) groups is 4. The number of hydrogen-bond acceptors (Lipinski definition) is 4. The van der Waals surface area contributed by atoms with E-state index in [0.717, 1.165) is 4.90 Å². The highest BCUT2D eigenvalue weighted by Crippen LogP contribution is 2.26. The molecular formula is C22H19N3O4. The molecule has 0 saturated carbocycles. The molecule has 1 heterocycles. The minimum atomic E-state index is -1.11. The first-order valence-electron chi connectivity index (χ1n) is 8.94. The largest absolute Gasteiger partial charge is 0.358 e. The Labute approximate surface area is 168 Å². The Balaban J connectivity index is 1.95. The van der Waals surface area contributed by atoms with Gasteiger partial charge in [0.1, 0.15) is 12.6 Å². The molecule has 0 bridgehead atoms. The Bertz CT molecular complexity index is 1020. The fraction of sp³-hybridized carbons (Fsp3) is 0.182. The number of anilines is 1. The summed E-state index contributed by atoms with van der Waals surface area (Å²) in [6.07, 6.45) is 5.44. The maximum Gasteiger partial charge on any atom is 0.262 e. The number of fused-ring (bicyclic) bond motifs is 1. The van der Waals surface area contributed by atoms with Crippen LogP contribution in [-0.2, 0) is 9.59 Å². The third-order valence-electron chi connectivity index (χ3n) is 4.74. The van der Waals surface area contributed by atoms with Gasteiger partial charge in [-0.15, -0.1) is 6.42 Å². The highest BCUT2D eigenvalue weighted by atomic mass is 16.2. The molecule has 1 unspecified atom stereocenters. The van der Waals surface area contributed by atoms with E-state index in [2.05, 4.69) is 11.2 Å². The summed E-state index contributed by atoms with van der Waals surface area (Å²) in [5.41, 5.74) is 1.44. The lowest BCUT2D eigenvalue weighted by atomic mass is 10.1. The van der Waals surface area contributed by atoms with Gasteiger partial charge in [-0.1, -0.05) is 24.1 Å². The van der Waals surface area contributed by atoms with Gasteiger partial charge >= 0.3 is 0 Å². The lowest BCUT2D eigenvalue weighted by molar-refractivity contribution is -0.125. The van der Waals surface area contributed by atoms with Gasteiger partial charge < -0.3 is 10.2 Å². The SMILES string of the molecule is C#Cc1cccc(N(CC(=O)NC)C(=O)C(C)N2C(=O)c3ccccc3C2=O)c1. The van der Waals surface area contributed by atoms with E-state index in [9.17, 15) is 19.2 Å². The van der Waals surface area contributed by atoms with Gasteiger partial charge in [-0.2, -0.15) is 0 Å². The topological polar surface area (TPSA) is 86.8 Å². The second-order valence-corrected chi connectivity index (χ2v) is 6.49. The first-order valence-corrected chi connectivity index (χ1v) is 8.94. The summed E-state index contributed by atoms with van der Waals surface area (Å²) < 4.78 is 0. The predicted molar refractivity (Wildman–Crippen MR) is 107 cm³/mol. The summed E-state index contributed by atoms with van der Waals surface area (Å²) in [4.78, 5) is 52.9. The number of carbonyl (C=O) groups excluding carboxylic acids is 4. The highest BCUT2D eigenvalue weighted by Gasteiger charge is 2.42. The smallest absolute Gasteiger partial charge is 0.262 e. The van der Waals surface area contributed by atoms with Crippen LogP contribution in [-0.4, -0.2) is 48.2 Å². The van der Waals surface area contributed by atoms with Gasteiger partial charge in [0.25, 0.3) is 11.8 Å². The molecule has 146 valence electrons. The molecule has 0 saturated heterocycles. The van der Waals surface area contributed by atoms with Crippen molar-refractivity contribution in [1.29, 1.82) is 0 Å². The number of imide groups is 1. The third-order valence-corrected chi connectivity index (χ3v) is 4.74. The van der Waals surface area contributed by atoms with Gasteiger partial charge in [-0.25, -0.2) is 0 Å². The van der Waals surface area contributed by atoms with Crippen LogP contribution in [0.15, 0.2) is 48.5 Å². The van der Waals surface area contributed by atoms with Gasteiger partial charge in [0.05, 0.1) is 11.1 Å². The standard InChI is InChI=1S/C22H19N3O4/c1-4-15-8-7-9-16(12-15)24(13-19(26)23-3)20(27)14(2)25-21(28)17-10-5-6-11-18(17)22(25)29/h1,5-12,14H,13H2,2-3H3,(H,23,26). The summed E-state index contributed by atoms with van der Waals surface area (Å²) in [7, 11) is 1.45. The van der Waals surface area contributed by atoms with E-state index in [0.29, 0.717) is 11.3 Å². The number of nitrogens with zero attached hydrogens (tertiary/aromatic N) is 2. The summed E-state index contributed by atoms with van der Waals surface area (Å²) >= 11 is 0. The molecule has 4 amide bonds. The predicted octanol–water partition coefficient (Wildman–Crippen LogP) is 1.43. The van der Waals surface area contributed by atoms with E-state index in [-0.39, 0.29) is 17.7 Å².